The van der Waals surface area contributed by atoms with Gasteiger partial charge in [0.2, 0.25) is 0 Å². The zero-order valence-electron chi connectivity index (χ0n) is 15.3. The van der Waals surface area contributed by atoms with Gasteiger partial charge in [-0.25, -0.2) is 0 Å². The van der Waals surface area contributed by atoms with Crippen LogP contribution < -0.4 is 5.36 Å². The number of carbonyl (C=O) groups excluding carboxylic acids is 1. The van der Waals surface area contributed by atoms with E-state index in [0.717, 1.165) is 28.0 Å². The second-order valence-electron chi connectivity index (χ2n) is 6.50. The SMILES string of the molecule is Cc1cc(=N/N=C2\C=CC(=O)c3ccccc32)cc(C)n1-c1ccccc1. The number of ketones is 1. The summed E-state index contributed by atoms with van der Waals surface area (Å²) in [6.07, 6.45) is 3.27. The Morgan fingerprint density at radius 3 is 2.07 bits per heavy atom. The van der Waals surface area contributed by atoms with E-state index in [0.29, 0.717) is 11.3 Å². The Hall–Kier alpha value is -3.53. The average Bonchev–Trinajstić information content (AvgIpc) is 2.68. The number of aryl methyl sites for hydroxylation is 2. The van der Waals surface area contributed by atoms with Crippen molar-refractivity contribution in [3.63, 3.8) is 0 Å². The molecule has 0 atom stereocenters. The molecule has 27 heavy (non-hydrogen) atoms. The fraction of sp³-hybridized carbons (Fsp3) is 0.0870. The molecule has 0 amide bonds. The Balaban J connectivity index is 1.77. The molecule has 0 bridgehead atoms. The van der Waals surface area contributed by atoms with Gasteiger partial charge >= 0.3 is 0 Å². The lowest BCUT2D eigenvalue weighted by Crippen LogP contribution is -2.14. The number of pyridine rings is 1. The molecule has 4 rings (SSSR count). The van der Waals surface area contributed by atoms with Crippen LogP contribution in [0.5, 0.6) is 0 Å². The summed E-state index contributed by atoms with van der Waals surface area (Å²) in [5.41, 5.74) is 5.45. The number of nitrogens with zero attached hydrogens (tertiary/aromatic N) is 3. The predicted octanol–water partition coefficient (Wildman–Crippen LogP) is 4.15. The van der Waals surface area contributed by atoms with Crippen molar-refractivity contribution in [1.82, 2.24) is 4.57 Å². The second-order valence-corrected chi connectivity index (χ2v) is 6.50. The molecule has 0 aliphatic heterocycles. The lowest BCUT2D eigenvalue weighted by atomic mass is 9.94. The number of rotatable bonds is 2. The Kier molecular flexibility index (Phi) is 4.38. The maximum atomic E-state index is 12.0. The summed E-state index contributed by atoms with van der Waals surface area (Å²) in [6.45, 7) is 4.11. The number of benzene rings is 2. The van der Waals surface area contributed by atoms with Crippen LogP contribution in [0.25, 0.3) is 5.69 Å². The maximum Gasteiger partial charge on any atom is 0.186 e. The van der Waals surface area contributed by atoms with E-state index in [9.17, 15) is 4.79 Å². The highest BCUT2D eigenvalue weighted by Gasteiger charge is 2.16. The van der Waals surface area contributed by atoms with Crippen LogP contribution >= 0.6 is 0 Å². The predicted molar refractivity (Wildman–Crippen MR) is 107 cm³/mol. The van der Waals surface area contributed by atoms with Gasteiger partial charge in [-0.2, -0.15) is 5.10 Å². The van der Waals surface area contributed by atoms with Gasteiger partial charge in [0.15, 0.2) is 5.78 Å². The van der Waals surface area contributed by atoms with Gasteiger partial charge in [0.25, 0.3) is 0 Å². The van der Waals surface area contributed by atoms with Gasteiger partial charge < -0.3 is 4.57 Å². The van der Waals surface area contributed by atoms with E-state index in [1.165, 1.54) is 0 Å². The summed E-state index contributed by atoms with van der Waals surface area (Å²) in [6, 6.07) is 21.7. The van der Waals surface area contributed by atoms with Gasteiger partial charge in [-0.3, -0.25) is 4.79 Å². The van der Waals surface area contributed by atoms with Crippen molar-refractivity contribution in [2.45, 2.75) is 13.8 Å². The summed E-state index contributed by atoms with van der Waals surface area (Å²) >= 11 is 0. The molecule has 0 fully saturated rings. The fourth-order valence-corrected chi connectivity index (χ4v) is 3.37. The first-order chi connectivity index (χ1) is 13.1. The summed E-state index contributed by atoms with van der Waals surface area (Å²) in [5.74, 6) is -0.000136. The van der Waals surface area contributed by atoms with Crippen LogP contribution in [0.3, 0.4) is 0 Å². The molecule has 0 saturated carbocycles. The second kappa shape index (κ2) is 7.00. The smallest absolute Gasteiger partial charge is 0.186 e. The van der Waals surface area contributed by atoms with Crippen molar-refractivity contribution in [3.05, 3.63) is 107 Å². The van der Waals surface area contributed by atoms with E-state index < -0.39 is 0 Å². The lowest BCUT2D eigenvalue weighted by Gasteiger charge is -2.14. The molecule has 1 heterocycles. The molecular weight excluding hydrogens is 334 g/mol. The molecule has 4 heteroatoms. The number of aromatic nitrogens is 1. The summed E-state index contributed by atoms with van der Waals surface area (Å²) in [5, 5.41) is 9.61. The normalized spacial score (nSPS) is 14.3. The number of fused-ring (bicyclic) bond motifs is 1. The molecule has 3 aromatic rings. The molecule has 0 N–H and O–H groups in total. The van der Waals surface area contributed by atoms with E-state index in [4.69, 9.17) is 0 Å². The third kappa shape index (κ3) is 3.29. The Labute approximate surface area is 157 Å². The first kappa shape index (κ1) is 16.9. The molecule has 1 aliphatic rings. The molecule has 0 saturated heterocycles. The van der Waals surface area contributed by atoms with Crippen molar-refractivity contribution < 1.29 is 4.79 Å². The third-order valence-electron chi connectivity index (χ3n) is 4.57. The number of para-hydroxylation sites is 1. The molecule has 4 nitrogen and oxygen atoms in total. The van der Waals surface area contributed by atoms with Gasteiger partial charge in [0.05, 0.1) is 11.1 Å². The first-order valence-corrected chi connectivity index (χ1v) is 8.83. The van der Waals surface area contributed by atoms with E-state index in [-0.39, 0.29) is 5.78 Å². The molecule has 0 radical (unpaired) electrons. The zero-order valence-corrected chi connectivity index (χ0v) is 15.3. The van der Waals surface area contributed by atoms with E-state index in [1.807, 2.05) is 54.6 Å². The molecule has 0 unspecified atom stereocenters. The van der Waals surface area contributed by atoms with Gasteiger partial charge in [0.1, 0.15) is 0 Å². The minimum atomic E-state index is -0.000136. The molecule has 1 aromatic heterocycles. The largest absolute Gasteiger partial charge is 0.318 e. The summed E-state index contributed by atoms with van der Waals surface area (Å²) in [4.78, 5) is 12.0. The number of carbonyl (C=O) groups is 1. The van der Waals surface area contributed by atoms with Crippen LogP contribution in [0.15, 0.2) is 89.1 Å². The van der Waals surface area contributed by atoms with Crippen LogP contribution in [0.1, 0.15) is 27.3 Å². The van der Waals surface area contributed by atoms with Crippen LogP contribution in [0, 0.1) is 13.8 Å². The van der Waals surface area contributed by atoms with Gasteiger partial charge in [-0.15, -0.1) is 5.10 Å². The monoisotopic (exact) mass is 353 g/mol. The molecule has 1 aliphatic carbocycles. The highest BCUT2D eigenvalue weighted by molar-refractivity contribution is 6.23. The Morgan fingerprint density at radius 1 is 0.741 bits per heavy atom. The standard InChI is InChI=1S/C23H19N3O/c1-16-14-18(15-17(2)26(16)19-8-4-3-5-9-19)24-25-22-12-13-23(27)21-11-7-6-10-20(21)22/h3-15H,1-2H3/b25-22+. The number of allylic oxidation sites excluding steroid dienone is 2. The number of hydrogen-bond donors (Lipinski definition) is 0. The van der Waals surface area contributed by atoms with Crippen LogP contribution in [0.2, 0.25) is 0 Å². The van der Waals surface area contributed by atoms with Crippen LogP contribution in [0.4, 0.5) is 0 Å². The summed E-state index contributed by atoms with van der Waals surface area (Å²) in [7, 11) is 0. The number of hydrogen-bond acceptors (Lipinski definition) is 3. The Bertz CT molecular complexity index is 1130. The molecular formula is C23H19N3O. The van der Waals surface area contributed by atoms with Gasteiger partial charge in [0, 0.05) is 28.2 Å². The van der Waals surface area contributed by atoms with Crippen molar-refractivity contribution in [1.29, 1.82) is 0 Å². The van der Waals surface area contributed by atoms with E-state index >= 15 is 0 Å². The highest BCUT2D eigenvalue weighted by atomic mass is 16.1. The lowest BCUT2D eigenvalue weighted by molar-refractivity contribution is 0.104. The quantitative estimate of drug-likeness (QED) is 0.638. The average molecular weight is 353 g/mol. The van der Waals surface area contributed by atoms with Crippen LogP contribution in [-0.2, 0) is 0 Å². The topological polar surface area (TPSA) is 46.7 Å². The van der Waals surface area contributed by atoms with E-state index in [1.54, 1.807) is 12.2 Å². The van der Waals surface area contributed by atoms with Crippen molar-refractivity contribution >= 4 is 11.5 Å². The minimum Gasteiger partial charge on any atom is -0.318 e. The van der Waals surface area contributed by atoms with E-state index in [2.05, 4.69) is 40.8 Å². The van der Waals surface area contributed by atoms with Crippen molar-refractivity contribution in [3.8, 4) is 5.69 Å². The van der Waals surface area contributed by atoms with Crippen molar-refractivity contribution in [2.24, 2.45) is 10.2 Å². The molecule has 132 valence electrons. The Morgan fingerprint density at radius 2 is 1.37 bits per heavy atom. The fourth-order valence-electron chi connectivity index (χ4n) is 3.37. The zero-order chi connectivity index (χ0) is 18.8. The third-order valence-corrected chi connectivity index (χ3v) is 4.57. The van der Waals surface area contributed by atoms with Gasteiger partial charge in [-0.05, 0) is 50.3 Å². The first-order valence-electron chi connectivity index (χ1n) is 8.83. The van der Waals surface area contributed by atoms with Crippen LogP contribution in [-0.4, -0.2) is 16.1 Å². The summed E-state index contributed by atoms with van der Waals surface area (Å²) < 4.78 is 2.18. The molecule has 0 spiro atoms. The van der Waals surface area contributed by atoms with Crippen molar-refractivity contribution in [2.75, 3.05) is 0 Å². The van der Waals surface area contributed by atoms with Gasteiger partial charge in [-0.1, -0.05) is 42.5 Å². The maximum absolute atomic E-state index is 12.0. The highest BCUT2D eigenvalue weighted by Crippen LogP contribution is 2.17. The molecule has 2 aromatic carbocycles. The minimum absolute atomic E-state index is 0.000136.